The van der Waals surface area contributed by atoms with E-state index in [9.17, 15) is 10.1 Å². The second-order valence-electron chi connectivity index (χ2n) is 2.22. The van der Waals surface area contributed by atoms with E-state index in [0.29, 0.717) is 0 Å². The number of nitro groups is 1. The van der Waals surface area contributed by atoms with Gasteiger partial charge in [-0.3, -0.25) is 10.1 Å². The second kappa shape index (κ2) is 3.44. The lowest BCUT2D eigenvalue weighted by Crippen LogP contribution is -1.87. The molecule has 0 N–H and O–H groups in total. The molecule has 5 nitrogen and oxygen atoms in total. The summed E-state index contributed by atoms with van der Waals surface area (Å²) in [5.74, 6) is 0. The fraction of sp³-hybridized carbons (Fsp3) is 0.143. The van der Waals surface area contributed by atoms with Gasteiger partial charge < -0.3 is 0 Å². The van der Waals surface area contributed by atoms with Crippen LogP contribution < -0.4 is 0 Å². The first-order valence-electron chi connectivity index (χ1n) is 3.28. The van der Waals surface area contributed by atoms with E-state index in [1.807, 2.05) is 0 Å². The number of diazo groups is 1. The first kappa shape index (κ1) is 8.14. The molecule has 0 heterocycles. The molecule has 1 aromatic carbocycles. The lowest BCUT2D eigenvalue weighted by Gasteiger charge is -1.89. The van der Waals surface area contributed by atoms with E-state index in [-0.39, 0.29) is 12.2 Å². The lowest BCUT2D eigenvalue weighted by molar-refractivity contribution is -0.384. The van der Waals surface area contributed by atoms with Gasteiger partial charge in [-0.1, -0.05) is 0 Å². The van der Waals surface area contributed by atoms with Crippen molar-refractivity contribution in [3.8, 4) is 0 Å². The maximum atomic E-state index is 10.2. The highest BCUT2D eigenvalue weighted by atomic mass is 16.6. The summed E-state index contributed by atoms with van der Waals surface area (Å²) in [6.45, 7) is 0.165. The molecule has 12 heavy (non-hydrogen) atoms. The molecule has 1 rings (SSSR count). The topological polar surface area (TPSA) is 71.3 Å². The van der Waals surface area contributed by atoms with Crippen LogP contribution in [0, 0.1) is 15.5 Å². The fourth-order valence-corrected chi connectivity index (χ4v) is 0.805. The van der Waals surface area contributed by atoms with Gasteiger partial charge in [0.2, 0.25) is 5.39 Å². The zero-order chi connectivity index (χ0) is 8.97. The first-order chi connectivity index (χ1) is 5.74. The quantitative estimate of drug-likeness (QED) is 0.381. The molecule has 0 spiro atoms. The smallest absolute Gasteiger partial charge is 0.258 e. The minimum Gasteiger partial charge on any atom is -0.258 e. The fourth-order valence-electron chi connectivity index (χ4n) is 0.805. The highest BCUT2D eigenvalue weighted by Crippen LogP contribution is 2.12. The molecule has 0 saturated carbocycles. The molecule has 0 aliphatic rings. The standard InChI is InChI=1S/C7H6N3O2/c8-9-5-6-1-3-7(4-2-6)10(11)12/h1-4H,5H2/q+1. The predicted molar refractivity (Wildman–Crippen MR) is 41.9 cm³/mol. The first-order valence-corrected chi connectivity index (χ1v) is 3.28. The Morgan fingerprint density at radius 2 is 2.00 bits per heavy atom. The molecular formula is C7H6N3O2+. The van der Waals surface area contributed by atoms with E-state index in [1.165, 1.54) is 12.1 Å². The number of benzene rings is 1. The normalized spacial score (nSPS) is 8.92. The lowest BCUT2D eigenvalue weighted by atomic mass is 10.2. The van der Waals surface area contributed by atoms with Crippen molar-refractivity contribution in [1.82, 2.24) is 0 Å². The van der Waals surface area contributed by atoms with Crippen LogP contribution >= 0.6 is 0 Å². The van der Waals surface area contributed by atoms with Gasteiger partial charge in [0.05, 0.1) is 4.92 Å². The minimum atomic E-state index is -0.472. The predicted octanol–water partition coefficient (Wildman–Crippen LogP) is 1.95. The van der Waals surface area contributed by atoms with Crippen LogP contribution in [0.1, 0.15) is 5.56 Å². The van der Waals surface area contributed by atoms with Crippen molar-refractivity contribution in [2.75, 3.05) is 0 Å². The zero-order valence-electron chi connectivity index (χ0n) is 6.17. The average Bonchev–Trinajstić information content (AvgIpc) is 2.06. The molecule has 0 aliphatic heterocycles. The van der Waals surface area contributed by atoms with Crippen molar-refractivity contribution in [2.24, 2.45) is 0 Å². The molecule has 0 aliphatic carbocycles. The SMILES string of the molecule is N#[N+]Cc1ccc([N+](=O)[O-])cc1. The second-order valence-corrected chi connectivity index (χ2v) is 2.22. The largest absolute Gasteiger partial charge is 0.330 e. The van der Waals surface area contributed by atoms with E-state index >= 15 is 0 Å². The van der Waals surface area contributed by atoms with Crippen molar-refractivity contribution in [3.05, 3.63) is 44.9 Å². The summed E-state index contributed by atoms with van der Waals surface area (Å²) in [5, 5.41) is 18.4. The third-order valence-corrected chi connectivity index (χ3v) is 1.40. The van der Waals surface area contributed by atoms with Crippen molar-refractivity contribution in [3.63, 3.8) is 0 Å². The monoisotopic (exact) mass is 164 g/mol. The van der Waals surface area contributed by atoms with Crippen molar-refractivity contribution < 1.29 is 4.92 Å². The third kappa shape index (κ3) is 1.76. The molecule has 0 bridgehead atoms. The van der Waals surface area contributed by atoms with E-state index in [4.69, 9.17) is 5.39 Å². The molecule has 60 valence electrons. The van der Waals surface area contributed by atoms with Gasteiger partial charge in [-0.25, -0.2) is 0 Å². The van der Waals surface area contributed by atoms with Crippen LogP contribution in [0.4, 0.5) is 5.69 Å². The van der Waals surface area contributed by atoms with Crippen LogP contribution in [0.2, 0.25) is 0 Å². The highest BCUT2D eigenvalue weighted by Gasteiger charge is 2.05. The van der Waals surface area contributed by atoms with Crippen LogP contribution in [0.15, 0.2) is 24.3 Å². The Labute approximate surface area is 68.4 Å². The number of nitrogens with zero attached hydrogens (tertiary/aromatic N) is 3. The van der Waals surface area contributed by atoms with Crippen LogP contribution in [-0.4, -0.2) is 4.92 Å². The van der Waals surface area contributed by atoms with Gasteiger partial charge in [-0.2, -0.15) is 0 Å². The van der Waals surface area contributed by atoms with Crippen molar-refractivity contribution in [2.45, 2.75) is 6.54 Å². The van der Waals surface area contributed by atoms with Crippen LogP contribution in [0.5, 0.6) is 0 Å². The molecule has 0 aromatic heterocycles. The zero-order valence-corrected chi connectivity index (χ0v) is 6.17. The van der Waals surface area contributed by atoms with Gasteiger partial charge in [-0.15, -0.1) is 0 Å². The van der Waals surface area contributed by atoms with Gasteiger partial charge in [0, 0.05) is 17.7 Å². The Balaban J connectivity index is 2.87. The summed E-state index contributed by atoms with van der Waals surface area (Å²) < 4.78 is 0. The van der Waals surface area contributed by atoms with E-state index < -0.39 is 4.92 Å². The number of hydrogen-bond donors (Lipinski definition) is 0. The minimum absolute atomic E-state index is 0.0386. The van der Waals surface area contributed by atoms with Gasteiger partial charge in [-0.05, 0) is 12.1 Å². The van der Waals surface area contributed by atoms with Gasteiger partial charge >= 0.3 is 6.54 Å². The number of non-ortho nitro benzene ring substituents is 1. The summed E-state index contributed by atoms with van der Waals surface area (Å²) in [5.41, 5.74) is 0.778. The number of rotatable bonds is 2. The van der Waals surface area contributed by atoms with Crippen LogP contribution in [0.25, 0.3) is 4.98 Å². The summed E-state index contributed by atoms with van der Waals surface area (Å²) in [7, 11) is 0. The molecule has 0 fully saturated rings. The number of hydrogen-bond acceptors (Lipinski definition) is 3. The van der Waals surface area contributed by atoms with Gasteiger partial charge in [0.15, 0.2) is 0 Å². The van der Waals surface area contributed by atoms with E-state index in [2.05, 4.69) is 4.98 Å². The van der Waals surface area contributed by atoms with Crippen LogP contribution in [0.3, 0.4) is 0 Å². The van der Waals surface area contributed by atoms with Gasteiger partial charge in [0.1, 0.15) is 4.98 Å². The van der Waals surface area contributed by atoms with Crippen molar-refractivity contribution >= 4 is 5.69 Å². The van der Waals surface area contributed by atoms with E-state index in [1.54, 1.807) is 12.1 Å². The Hall–Kier alpha value is -1.96. The Morgan fingerprint density at radius 1 is 1.42 bits per heavy atom. The third-order valence-electron chi connectivity index (χ3n) is 1.40. The Kier molecular flexibility index (Phi) is 2.33. The molecule has 0 radical (unpaired) electrons. The summed E-state index contributed by atoms with van der Waals surface area (Å²) in [6, 6.07) is 5.86. The molecule has 5 heteroatoms. The summed E-state index contributed by atoms with van der Waals surface area (Å²) in [6.07, 6.45) is 0. The molecule has 0 atom stereocenters. The van der Waals surface area contributed by atoms with Gasteiger partial charge in [0.25, 0.3) is 5.69 Å². The summed E-state index contributed by atoms with van der Waals surface area (Å²) >= 11 is 0. The maximum Gasteiger partial charge on any atom is 0.330 e. The average molecular weight is 164 g/mol. The summed E-state index contributed by atoms with van der Waals surface area (Å²) in [4.78, 5) is 12.6. The Morgan fingerprint density at radius 3 is 2.42 bits per heavy atom. The maximum absolute atomic E-state index is 10.2. The Bertz CT molecular complexity index is 325. The number of nitro benzene ring substituents is 1. The van der Waals surface area contributed by atoms with E-state index in [0.717, 1.165) is 5.56 Å². The molecule has 0 saturated heterocycles. The van der Waals surface area contributed by atoms with Crippen molar-refractivity contribution in [1.29, 1.82) is 5.39 Å². The molecule has 1 aromatic rings. The van der Waals surface area contributed by atoms with Crippen LogP contribution in [-0.2, 0) is 6.54 Å². The highest BCUT2D eigenvalue weighted by molar-refractivity contribution is 5.33. The molecule has 0 amide bonds. The molecule has 0 unspecified atom stereocenters. The molecular weight excluding hydrogens is 158 g/mol.